The summed E-state index contributed by atoms with van der Waals surface area (Å²) in [6, 6.07) is 7.71. The van der Waals surface area contributed by atoms with Crippen LogP contribution in [0.4, 0.5) is 0 Å². The third kappa shape index (κ3) is 4.00. The molecule has 7 heteroatoms. The number of ether oxygens (including phenoxy) is 2. The van der Waals surface area contributed by atoms with E-state index in [4.69, 9.17) is 14.5 Å². The van der Waals surface area contributed by atoms with Crippen LogP contribution in [-0.2, 0) is 0 Å². The van der Waals surface area contributed by atoms with Crippen LogP contribution in [-0.4, -0.2) is 51.9 Å². The van der Waals surface area contributed by atoms with Crippen molar-refractivity contribution in [2.24, 2.45) is 0 Å². The molecular weight excluding hydrogens is 392 g/mol. The number of pyridine rings is 1. The zero-order valence-electron chi connectivity index (χ0n) is 18.5. The Morgan fingerprint density at radius 2 is 1.97 bits per heavy atom. The number of amides is 1. The number of rotatable bonds is 6. The van der Waals surface area contributed by atoms with Crippen LogP contribution in [0.1, 0.15) is 44.1 Å². The van der Waals surface area contributed by atoms with Crippen LogP contribution in [0.3, 0.4) is 0 Å². The van der Waals surface area contributed by atoms with Gasteiger partial charge in [0.1, 0.15) is 13.2 Å². The average Bonchev–Trinajstić information content (AvgIpc) is 3.20. The second-order valence-corrected chi connectivity index (χ2v) is 8.11. The minimum Gasteiger partial charge on any atom is -0.486 e. The number of hydrogen-bond acceptors (Lipinski definition) is 5. The van der Waals surface area contributed by atoms with Crippen molar-refractivity contribution in [3.05, 3.63) is 48.2 Å². The molecule has 0 atom stereocenters. The molecule has 0 saturated heterocycles. The number of hydrogen-bond donors (Lipinski definition) is 0. The minimum atomic E-state index is -0.0556. The maximum Gasteiger partial charge on any atom is 0.255 e. The molecule has 7 nitrogen and oxygen atoms in total. The predicted octanol–water partition coefficient (Wildman–Crippen LogP) is 4.49. The highest BCUT2D eigenvalue weighted by molar-refractivity contribution is 6.06. The summed E-state index contributed by atoms with van der Waals surface area (Å²) in [5.41, 5.74) is 3.77. The Morgan fingerprint density at radius 1 is 1.23 bits per heavy atom. The number of benzene rings is 1. The molecule has 0 radical (unpaired) electrons. The second kappa shape index (κ2) is 8.41. The molecule has 31 heavy (non-hydrogen) atoms. The SMILES string of the molecule is C=C(C)CN(CC)C(=O)c1cc(-c2ccc3c(c2)OCCO3)nc2c1cnn2C(C)C. The van der Waals surface area contributed by atoms with Crippen molar-refractivity contribution < 1.29 is 14.3 Å². The summed E-state index contributed by atoms with van der Waals surface area (Å²) in [6.45, 7) is 14.1. The zero-order valence-corrected chi connectivity index (χ0v) is 18.5. The fourth-order valence-corrected chi connectivity index (χ4v) is 3.75. The summed E-state index contributed by atoms with van der Waals surface area (Å²) < 4.78 is 13.2. The predicted molar refractivity (Wildman–Crippen MR) is 121 cm³/mol. The first kappa shape index (κ1) is 20.9. The summed E-state index contributed by atoms with van der Waals surface area (Å²) >= 11 is 0. The first-order valence-corrected chi connectivity index (χ1v) is 10.6. The summed E-state index contributed by atoms with van der Waals surface area (Å²) in [5, 5.41) is 5.26. The van der Waals surface area contributed by atoms with Crippen LogP contribution in [0.2, 0.25) is 0 Å². The van der Waals surface area contributed by atoms with E-state index in [0.717, 1.165) is 22.3 Å². The minimum absolute atomic E-state index is 0.0556. The fourth-order valence-electron chi connectivity index (χ4n) is 3.75. The molecule has 0 unspecified atom stereocenters. The molecule has 2 aromatic heterocycles. The maximum atomic E-state index is 13.5. The first-order valence-electron chi connectivity index (χ1n) is 10.6. The van der Waals surface area contributed by atoms with Crippen molar-refractivity contribution in [2.75, 3.05) is 26.3 Å². The molecule has 0 spiro atoms. The van der Waals surface area contributed by atoms with Gasteiger partial charge >= 0.3 is 0 Å². The fraction of sp³-hybridized carbons (Fsp3) is 0.375. The molecule has 4 rings (SSSR count). The van der Waals surface area contributed by atoms with Crippen LogP contribution in [0.5, 0.6) is 11.5 Å². The lowest BCUT2D eigenvalue weighted by atomic mass is 10.0. The van der Waals surface area contributed by atoms with Gasteiger partial charge in [0.25, 0.3) is 5.91 Å². The Hall–Kier alpha value is -3.35. The van der Waals surface area contributed by atoms with Crippen molar-refractivity contribution in [1.29, 1.82) is 0 Å². The lowest BCUT2D eigenvalue weighted by Crippen LogP contribution is -2.32. The average molecular weight is 421 g/mol. The first-order chi connectivity index (χ1) is 14.9. The van der Waals surface area contributed by atoms with E-state index in [1.807, 2.05) is 56.6 Å². The Bertz CT molecular complexity index is 1150. The third-order valence-electron chi connectivity index (χ3n) is 5.25. The van der Waals surface area contributed by atoms with Gasteiger partial charge in [-0.3, -0.25) is 4.79 Å². The zero-order chi connectivity index (χ0) is 22.1. The monoisotopic (exact) mass is 420 g/mol. The van der Waals surface area contributed by atoms with Crippen molar-refractivity contribution >= 4 is 16.9 Å². The molecule has 0 aliphatic carbocycles. The lowest BCUT2D eigenvalue weighted by molar-refractivity contribution is 0.0780. The molecule has 1 aliphatic heterocycles. The van der Waals surface area contributed by atoms with Crippen molar-refractivity contribution in [1.82, 2.24) is 19.7 Å². The molecule has 3 aromatic rings. The smallest absolute Gasteiger partial charge is 0.255 e. The van der Waals surface area contributed by atoms with Crippen LogP contribution < -0.4 is 9.47 Å². The Balaban J connectivity index is 1.88. The summed E-state index contributed by atoms with van der Waals surface area (Å²) in [7, 11) is 0. The van der Waals surface area contributed by atoms with Crippen LogP contribution in [0.25, 0.3) is 22.3 Å². The van der Waals surface area contributed by atoms with E-state index >= 15 is 0 Å². The molecule has 0 N–H and O–H groups in total. The highest BCUT2D eigenvalue weighted by Crippen LogP contribution is 2.35. The van der Waals surface area contributed by atoms with Gasteiger partial charge in [0.2, 0.25) is 0 Å². The topological polar surface area (TPSA) is 69.5 Å². The number of likely N-dealkylation sites (N-methyl/N-ethyl adjacent to an activating group) is 1. The summed E-state index contributed by atoms with van der Waals surface area (Å²) in [6.07, 6.45) is 1.73. The molecule has 1 aromatic carbocycles. The van der Waals surface area contributed by atoms with Crippen LogP contribution in [0.15, 0.2) is 42.6 Å². The van der Waals surface area contributed by atoms with Gasteiger partial charge in [0.05, 0.1) is 22.8 Å². The number of aromatic nitrogens is 3. The molecule has 162 valence electrons. The van der Waals surface area contributed by atoms with Crippen LogP contribution >= 0.6 is 0 Å². The van der Waals surface area contributed by atoms with Gasteiger partial charge in [0, 0.05) is 24.7 Å². The van der Waals surface area contributed by atoms with E-state index in [2.05, 4.69) is 11.7 Å². The molecule has 1 amide bonds. The number of fused-ring (bicyclic) bond motifs is 2. The number of nitrogens with zero attached hydrogens (tertiary/aromatic N) is 4. The van der Waals surface area contributed by atoms with E-state index in [1.165, 1.54) is 0 Å². The van der Waals surface area contributed by atoms with Gasteiger partial charge < -0.3 is 14.4 Å². The van der Waals surface area contributed by atoms with E-state index in [0.29, 0.717) is 49.0 Å². The van der Waals surface area contributed by atoms with E-state index in [9.17, 15) is 4.79 Å². The van der Waals surface area contributed by atoms with Crippen LogP contribution in [0, 0.1) is 0 Å². The van der Waals surface area contributed by atoms with E-state index < -0.39 is 0 Å². The van der Waals surface area contributed by atoms with Gasteiger partial charge in [-0.2, -0.15) is 5.10 Å². The Kier molecular flexibility index (Phi) is 5.67. The number of carbonyl (C=O) groups is 1. The van der Waals surface area contributed by atoms with Crippen molar-refractivity contribution in [2.45, 2.75) is 33.7 Å². The molecule has 1 aliphatic rings. The maximum absolute atomic E-state index is 13.5. The molecule has 0 bridgehead atoms. The molecular formula is C24H28N4O3. The third-order valence-corrected chi connectivity index (χ3v) is 5.25. The molecule has 0 fully saturated rings. The quantitative estimate of drug-likeness (QED) is 0.550. The standard InChI is InChI=1S/C24H28N4O3/c1-6-27(14-15(2)3)24(29)18-12-20(26-23-19(18)13-25-28(23)16(4)5)17-7-8-21-22(11-17)31-10-9-30-21/h7-8,11-13,16H,2,6,9-10,14H2,1,3-5H3. The van der Waals surface area contributed by atoms with Gasteiger partial charge in [-0.15, -0.1) is 0 Å². The van der Waals surface area contributed by atoms with Gasteiger partial charge in [-0.1, -0.05) is 12.2 Å². The Labute approximate surface area is 182 Å². The van der Waals surface area contributed by atoms with Gasteiger partial charge in [0.15, 0.2) is 17.1 Å². The van der Waals surface area contributed by atoms with Crippen molar-refractivity contribution in [3.8, 4) is 22.8 Å². The van der Waals surface area contributed by atoms with Crippen molar-refractivity contribution in [3.63, 3.8) is 0 Å². The molecule has 0 saturated carbocycles. The summed E-state index contributed by atoms with van der Waals surface area (Å²) in [4.78, 5) is 20.2. The number of carbonyl (C=O) groups excluding carboxylic acids is 1. The normalized spacial score (nSPS) is 12.9. The summed E-state index contributed by atoms with van der Waals surface area (Å²) in [5.74, 6) is 1.35. The van der Waals surface area contributed by atoms with E-state index in [1.54, 1.807) is 11.1 Å². The Morgan fingerprint density at radius 3 is 2.65 bits per heavy atom. The van der Waals surface area contributed by atoms with Gasteiger partial charge in [-0.05, 0) is 52.0 Å². The highest BCUT2D eigenvalue weighted by Gasteiger charge is 2.23. The lowest BCUT2D eigenvalue weighted by Gasteiger charge is -2.22. The highest BCUT2D eigenvalue weighted by atomic mass is 16.6. The molecule has 3 heterocycles. The van der Waals surface area contributed by atoms with E-state index in [-0.39, 0.29) is 11.9 Å². The largest absolute Gasteiger partial charge is 0.486 e. The van der Waals surface area contributed by atoms with Gasteiger partial charge in [-0.25, -0.2) is 9.67 Å². The second-order valence-electron chi connectivity index (χ2n) is 8.11.